The Labute approximate surface area is 101 Å². The number of hydrogen-bond donors (Lipinski definition) is 1. The number of rotatable bonds is 6. The van der Waals surface area contributed by atoms with Gasteiger partial charge in [-0.25, -0.2) is 0 Å². The maximum Gasteiger partial charge on any atom is 0.0175 e. The van der Waals surface area contributed by atoms with Crippen LogP contribution in [0.15, 0.2) is 28.7 Å². The quantitative estimate of drug-likeness (QED) is 0.776. The summed E-state index contributed by atoms with van der Waals surface area (Å²) in [6, 6.07) is 9.14. The molecule has 0 saturated carbocycles. The van der Waals surface area contributed by atoms with Crippen LogP contribution in [0, 0.1) is 0 Å². The Morgan fingerprint density at radius 2 is 1.93 bits per heavy atom. The zero-order valence-electron chi connectivity index (χ0n) is 9.59. The fourth-order valence-corrected chi connectivity index (χ4v) is 1.84. The largest absolute Gasteiger partial charge is 0.314 e. The molecule has 0 spiro atoms. The summed E-state index contributed by atoms with van der Waals surface area (Å²) in [7, 11) is 0. The van der Waals surface area contributed by atoms with Crippen molar-refractivity contribution in [1.82, 2.24) is 5.32 Å². The summed E-state index contributed by atoms with van der Waals surface area (Å²) in [6.45, 7) is 5.60. The summed E-state index contributed by atoms with van der Waals surface area (Å²) in [5.41, 5.74) is 1.40. The van der Waals surface area contributed by atoms with Crippen LogP contribution >= 0.6 is 15.9 Å². The minimum atomic E-state index is 0.567. The number of nitrogens with one attached hydrogen (secondary N) is 1. The summed E-state index contributed by atoms with van der Waals surface area (Å²) in [4.78, 5) is 0. The molecule has 1 atom stereocenters. The van der Waals surface area contributed by atoms with E-state index >= 15 is 0 Å². The van der Waals surface area contributed by atoms with E-state index in [1.54, 1.807) is 0 Å². The monoisotopic (exact) mass is 269 g/mol. The molecule has 0 radical (unpaired) electrons. The summed E-state index contributed by atoms with van der Waals surface area (Å²) in [6.07, 6.45) is 3.64. The highest BCUT2D eigenvalue weighted by Crippen LogP contribution is 2.11. The van der Waals surface area contributed by atoms with Crippen LogP contribution in [0.1, 0.15) is 32.3 Å². The second kappa shape index (κ2) is 7.02. The molecule has 0 amide bonds. The van der Waals surface area contributed by atoms with Crippen molar-refractivity contribution in [3.8, 4) is 0 Å². The van der Waals surface area contributed by atoms with Gasteiger partial charge in [-0.05, 0) is 44.0 Å². The van der Waals surface area contributed by atoms with Crippen LogP contribution in [-0.2, 0) is 6.42 Å². The standard InChI is InChI=1S/C13H20BrN/c1-3-4-9-15-11(2)10-12-5-7-13(14)8-6-12/h5-8,11,15H,3-4,9-10H2,1-2H3. The van der Waals surface area contributed by atoms with Gasteiger partial charge >= 0.3 is 0 Å². The van der Waals surface area contributed by atoms with E-state index < -0.39 is 0 Å². The highest BCUT2D eigenvalue weighted by Gasteiger charge is 2.01. The van der Waals surface area contributed by atoms with Crippen LogP contribution in [0.25, 0.3) is 0 Å². The molecule has 1 N–H and O–H groups in total. The van der Waals surface area contributed by atoms with Gasteiger partial charge in [0, 0.05) is 10.5 Å². The number of unbranched alkanes of at least 4 members (excludes halogenated alkanes) is 1. The van der Waals surface area contributed by atoms with E-state index in [9.17, 15) is 0 Å². The van der Waals surface area contributed by atoms with E-state index in [1.807, 2.05) is 0 Å². The van der Waals surface area contributed by atoms with E-state index in [0.717, 1.165) is 17.4 Å². The van der Waals surface area contributed by atoms with Crippen LogP contribution < -0.4 is 5.32 Å². The zero-order chi connectivity index (χ0) is 11.1. The molecule has 0 aliphatic rings. The van der Waals surface area contributed by atoms with Crippen molar-refractivity contribution in [2.24, 2.45) is 0 Å². The van der Waals surface area contributed by atoms with E-state index in [-0.39, 0.29) is 0 Å². The fourth-order valence-electron chi connectivity index (χ4n) is 1.57. The van der Waals surface area contributed by atoms with Crippen molar-refractivity contribution >= 4 is 15.9 Å². The molecule has 15 heavy (non-hydrogen) atoms. The Morgan fingerprint density at radius 3 is 2.53 bits per heavy atom. The Kier molecular flexibility index (Phi) is 5.96. The molecule has 0 bridgehead atoms. The molecular formula is C13H20BrN. The van der Waals surface area contributed by atoms with Crippen molar-refractivity contribution in [3.05, 3.63) is 34.3 Å². The van der Waals surface area contributed by atoms with E-state index in [1.165, 1.54) is 18.4 Å². The maximum atomic E-state index is 3.53. The lowest BCUT2D eigenvalue weighted by Gasteiger charge is -2.13. The number of hydrogen-bond acceptors (Lipinski definition) is 1. The third kappa shape index (κ3) is 5.33. The highest BCUT2D eigenvalue weighted by molar-refractivity contribution is 9.10. The van der Waals surface area contributed by atoms with Crippen molar-refractivity contribution in [1.29, 1.82) is 0 Å². The van der Waals surface area contributed by atoms with Gasteiger partial charge in [0.05, 0.1) is 0 Å². The summed E-state index contributed by atoms with van der Waals surface area (Å²) >= 11 is 3.45. The summed E-state index contributed by atoms with van der Waals surface area (Å²) < 4.78 is 1.15. The molecular weight excluding hydrogens is 250 g/mol. The van der Waals surface area contributed by atoms with E-state index in [2.05, 4.69) is 59.4 Å². The van der Waals surface area contributed by atoms with Gasteiger partial charge in [0.1, 0.15) is 0 Å². The molecule has 1 nitrogen and oxygen atoms in total. The average molecular weight is 270 g/mol. The molecule has 1 aromatic carbocycles. The molecule has 0 fully saturated rings. The topological polar surface area (TPSA) is 12.0 Å². The highest BCUT2D eigenvalue weighted by atomic mass is 79.9. The molecule has 2 heteroatoms. The van der Waals surface area contributed by atoms with Gasteiger partial charge in [-0.15, -0.1) is 0 Å². The SMILES string of the molecule is CCCCNC(C)Cc1ccc(Br)cc1. The van der Waals surface area contributed by atoms with E-state index in [0.29, 0.717) is 6.04 Å². The van der Waals surface area contributed by atoms with Gasteiger partial charge in [0.25, 0.3) is 0 Å². The van der Waals surface area contributed by atoms with Crippen molar-refractivity contribution in [3.63, 3.8) is 0 Å². The van der Waals surface area contributed by atoms with Crippen molar-refractivity contribution < 1.29 is 0 Å². The fraction of sp³-hybridized carbons (Fsp3) is 0.538. The van der Waals surface area contributed by atoms with Gasteiger partial charge in [-0.2, -0.15) is 0 Å². The van der Waals surface area contributed by atoms with Crippen molar-refractivity contribution in [2.75, 3.05) is 6.54 Å². The lowest BCUT2D eigenvalue weighted by molar-refractivity contribution is 0.531. The molecule has 1 rings (SSSR count). The molecule has 1 aromatic rings. The third-order valence-electron chi connectivity index (χ3n) is 2.48. The summed E-state index contributed by atoms with van der Waals surface area (Å²) in [5, 5.41) is 3.53. The predicted octanol–water partition coefficient (Wildman–Crippen LogP) is 3.77. The first-order valence-electron chi connectivity index (χ1n) is 5.70. The van der Waals surface area contributed by atoms with Crippen molar-refractivity contribution in [2.45, 2.75) is 39.2 Å². The number of benzene rings is 1. The number of halogens is 1. The van der Waals surface area contributed by atoms with Crippen LogP contribution in [0.5, 0.6) is 0 Å². The first kappa shape index (κ1) is 12.7. The summed E-state index contributed by atoms with van der Waals surface area (Å²) in [5.74, 6) is 0. The van der Waals surface area contributed by atoms with E-state index in [4.69, 9.17) is 0 Å². The first-order valence-corrected chi connectivity index (χ1v) is 6.49. The zero-order valence-corrected chi connectivity index (χ0v) is 11.2. The van der Waals surface area contributed by atoms with Gasteiger partial charge in [0.2, 0.25) is 0 Å². The minimum absolute atomic E-state index is 0.567. The lowest BCUT2D eigenvalue weighted by Crippen LogP contribution is -2.28. The second-order valence-electron chi connectivity index (χ2n) is 4.04. The van der Waals surface area contributed by atoms with Gasteiger partial charge < -0.3 is 5.32 Å². The van der Waals surface area contributed by atoms with Crippen LogP contribution in [-0.4, -0.2) is 12.6 Å². The normalized spacial score (nSPS) is 12.7. The van der Waals surface area contributed by atoms with Crippen LogP contribution in [0.2, 0.25) is 0 Å². The van der Waals surface area contributed by atoms with Gasteiger partial charge in [0.15, 0.2) is 0 Å². The van der Waals surface area contributed by atoms with Gasteiger partial charge in [-0.1, -0.05) is 41.4 Å². The molecule has 0 aromatic heterocycles. The Morgan fingerprint density at radius 1 is 1.27 bits per heavy atom. The van der Waals surface area contributed by atoms with Gasteiger partial charge in [-0.3, -0.25) is 0 Å². The van der Waals surface area contributed by atoms with Crippen LogP contribution in [0.4, 0.5) is 0 Å². The molecule has 0 aliphatic carbocycles. The smallest absolute Gasteiger partial charge is 0.0175 e. The third-order valence-corrected chi connectivity index (χ3v) is 3.01. The average Bonchev–Trinajstić information content (AvgIpc) is 2.22. The minimum Gasteiger partial charge on any atom is -0.314 e. The second-order valence-corrected chi connectivity index (χ2v) is 4.95. The first-order chi connectivity index (χ1) is 7.22. The Hall–Kier alpha value is -0.340. The Bertz CT molecular complexity index is 268. The molecule has 1 unspecified atom stereocenters. The van der Waals surface area contributed by atoms with Crippen LogP contribution in [0.3, 0.4) is 0 Å². The molecule has 84 valence electrons. The predicted molar refractivity (Wildman–Crippen MR) is 70.2 cm³/mol. The molecule has 0 saturated heterocycles. The molecule has 0 aliphatic heterocycles. The Balaban J connectivity index is 2.31. The molecule has 0 heterocycles. The lowest BCUT2D eigenvalue weighted by atomic mass is 10.1. The maximum absolute atomic E-state index is 3.53.